The van der Waals surface area contributed by atoms with Crippen LogP contribution in [0, 0.1) is 6.92 Å². The van der Waals surface area contributed by atoms with Crippen LogP contribution in [0.1, 0.15) is 23.6 Å². The largest absolute Gasteiger partial charge is 0.507 e. The van der Waals surface area contributed by atoms with Crippen LogP contribution in [0.15, 0.2) is 60.2 Å². The van der Waals surface area contributed by atoms with Gasteiger partial charge >= 0.3 is 0 Å². The van der Waals surface area contributed by atoms with Gasteiger partial charge in [-0.25, -0.2) is 5.43 Å². The summed E-state index contributed by atoms with van der Waals surface area (Å²) in [6.07, 6.45) is 3.71. The average Bonchev–Trinajstić information content (AvgIpc) is 2.60. The molecule has 0 saturated heterocycles. The lowest BCUT2D eigenvalue weighted by atomic mass is 10.1. The molecule has 0 aliphatic rings. The van der Waals surface area contributed by atoms with E-state index in [1.54, 1.807) is 19.1 Å². The van der Waals surface area contributed by atoms with Crippen LogP contribution in [-0.4, -0.2) is 23.3 Å². The lowest BCUT2D eigenvalue weighted by Crippen LogP contribution is -2.34. The number of amides is 1. The second-order valence-corrected chi connectivity index (χ2v) is 5.81. The SMILES string of the molecule is C=CCc1cccc(C=NNC(=O)[C@@H](C)Nc2ccc(C)cc2)c1O. The maximum Gasteiger partial charge on any atom is 0.262 e. The van der Waals surface area contributed by atoms with Crippen LogP contribution >= 0.6 is 0 Å². The summed E-state index contributed by atoms with van der Waals surface area (Å²) >= 11 is 0. The van der Waals surface area contributed by atoms with Gasteiger partial charge in [-0.2, -0.15) is 5.10 Å². The van der Waals surface area contributed by atoms with Gasteiger partial charge in [-0.15, -0.1) is 6.58 Å². The Labute approximate surface area is 148 Å². The molecule has 2 aromatic rings. The maximum absolute atomic E-state index is 12.1. The first-order valence-electron chi connectivity index (χ1n) is 8.09. The summed E-state index contributed by atoms with van der Waals surface area (Å²) in [5.74, 6) is -0.121. The molecule has 0 unspecified atom stereocenters. The smallest absolute Gasteiger partial charge is 0.262 e. The van der Waals surface area contributed by atoms with Gasteiger partial charge in [0.2, 0.25) is 0 Å². The molecule has 0 aliphatic carbocycles. The van der Waals surface area contributed by atoms with Gasteiger partial charge in [-0.3, -0.25) is 4.79 Å². The molecule has 0 spiro atoms. The number of hydrazone groups is 1. The number of nitrogens with one attached hydrogen (secondary N) is 2. The molecule has 1 atom stereocenters. The average molecular weight is 337 g/mol. The van der Waals surface area contributed by atoms with E-state index >= 15 is 0 Å². The number of carbonyl (C=O) groups excluding carboxylic acids is 1. The number of hydrogen-bond donors (Lipinski definition) is 3. The summed E-state index contributed by atoms with van der Waals surface area (Å²) in [5, 5.41) is 17.2. The van der Waals surface area contributed by atoms with Crippen LogP contribution < -0.4 is 10.7 Å². The first-order chi connectivity index (χ1) is 12.0. The third kappa shape index (κ3) is 5.21. The Morgan fingerprint density at radius 2 is 2.00 bits per heavy atom. The van der Waals surface area contributed by atoms with Crippen LogP contribution in [0.2, 0.25) is 0 Å². The number of para-hydroxylation sites is 1. The van der Waals surface area contributed by atoms with Gasteiger partial charge in [0.1, 0.15) is 11.8 Å². The zero-order valence-corrected chi connectivity index (χ0v) is 14.5. The van der Waals surface area contributed by atoms with Crippen molar-refractivity contribution >= 4 is 17.8 Å². The van der Waals surface area contributed by atoms with Crippen molar-refractivity contribution in [3.05, 3.63) is 71.8 Å². The summed E-state index contributed by atoms with van der Waals surface area (Å²) in [6.45, 7) is 7.43. The molecule has 0 radical (unpaired) electrons. The lowest BCUT2D eigenvalue weighted by molar-refractivity contribution is -0.121. The van der Waals surface area contributed by atoms with E-state index in [-0.39, 0.29) is 11.7 Å². The van der Waals surface area contributed by atoms with E-state index in [2.05, 4.69) is 22.4 Å². The van der Waals surface area contributed by atoms with Crippen molar-refractivity contribution in [2.24, 2.45) is 5.10 Å². The highest BCUT2D eigenvalue weighted by molar-refractivity contribution is 5.88. The van der Waals surface area contributed by atoms with E-state index in [9.17, 15) is 9.90 Å². The molecule has 0 aliphatic heterocycles. The van der Waals surface area contributed by atoms with Crippen molar-refractivity contribution in [2.45, 2.75) is 26.3 Å². The maximum atomic E-state index is 12.1. The molecule has 1 amide bonds. The summed E-state index contributed by atoms with van der Waals surface area (Å²) in [7, 11) is 0. The second-order valence-electron chi connectivity index (χ2n) is 5.81. The number of benzene rings is 2. The van der Waals surface area contributed by atoms with Gasteiger partial charge < -0.3 is 10.4 Å². The Hall–Kier alpha value is -3.08. The molecular weight excluding hydrogens is 314 g/mol. The molecule has 0 bridgehead atoms. The van der Waals surface area contributed by atoms with Crippen molar-refractivity contribution in [1.29, 1.82) is 0 Å². The fourth-order valence-electron chi connectivity index (χ4n) is 2.26. The number of allylic oxidation sites excluding steroid dienone is 1. The number of carbonyl (C=O) groups is 1. The number of phenols is 1. The quantitative estimate of drug-likeness (QED) is 0.412. The summed E-state index contributed by atoms with van der Waals surface area (Å²) in [4.78, 5) is 12.1. The van der Waals surface area contributed by atoms with Crippen molar-refractivity contribution < 1.29 is 9.90 Å². The van der Waals surface area contributed by atoms with Crippen molar-refractivity contribution in [1.82, 2.24) is 5.43 Å². The van der Waals surface area contributed by atoms with E-state index in [4.69, 9.17) is 0 Å². The summed E-state index contributed by atoms with van der Waals surface area (Å²) in [6, 6.07) is 12.7. The fraction of sp³-hybridized carbons (Fsp3) is 0.200. The van der Waals surface area contributed by atoms with Crippen LogP contribution in [0.3, 0.4) is 0 Å². The molecule has 2 aromatic carbocycles. The number of anilines is 1. The second kappa shape index (κ2) is 8.68. The summed E-state index contributed by atoms with van der Waals surface area (Å²) < 4.78 is 0. The standard InChI is InChI=1S/C20H23N3O2/c1-4-6-16-7-5-8-17(19(16)24)13-21-23-20(25)15(3)22-18-11-9-14(2)10-12-18/h4-5,7-13,15,22,24H,1,6H2,2-3H3,(H,23,25)/t15-/m1/s1. The Bertz CT molecular complexity index is 767. The van der Waals surface area contributed by atoms with Crippen molar-refractivity contribution in [3.8, 4) is 5.75 Å². The van der Waals surface area contributed by atoms with E-state index < -0.39 is 6.04 Å². The Morgan fingerprint density at radius 1 is 1.28 bits per heavy atom. The topological polar surface area (TPSA) is 73.7 Å². The summed E-state index contributed by atoms with van der Waals surface area (Å²) in [5.41, 5.74) is 5.81. The number of nitrogens with zero attached hydrogens (tertiary/aromatic N) is 1. The van der Waals surface area contributed by atoms with E-state index in [0.717, 1.165) is 16.8 Å². The molecule has 130 valence electrons. The Morgan fingerprint density at radius 3 is 2.68 bits per heavy atom. The minimum absolute atomic E-state index is 0.145. The van der Waals surface area contributed by atoms with Crippen LogP contribution in [0.25, 0.3) is 0 Å². The number of aromatic hydroxyl groups is 1. The number of hydrogen-bond acceptors (Lipinski definition) is 4. The van der Waals surface area contributed by atoms with Gasteiger partial charge in [0.05, 0.1) is 6.21 Å². The van der Waals surface area contributed by atoms with Crippen molar-refractivity contribution in [2.75, 3.05) is 5.32 Å². The molecule has 0 heterocycles. The molecule has 3 N–H and O–H groups in total. The molecule has 25 heavy (non-hydrogen) atoms. The predicted octanol–water partition coefficient (Wildman–Crippen LogP) is 3.38. The number of phenolic OH excluding ortho intramolecular Hbond substituents is 1. The first kappa shape index (κ1) is 18.3. The lowest BCUT2D eigenvalue weighted by Gasteiger charge is -2.13. The van der Waals surface area contributed by atoms with Gasteiger partial charge in [0.25, 0.3) is 5.91 Å². The van der Waals surface area contributed by atoms with Gasteiger partial charge in [0, 0.05) is 11.3 Å². The molecular formula is C20H23N3O2. The molecule has 2 rings (SSSR count). The molecule has 0 fully saturated rings. The minimum atomic E-state index is -0.444. The molecule has 0 aromatic heterocycles. The van der Waals surface area contributed by atoms with Crippen LogP contribution in [0.4, 0.5) is 5.69 Å². The number of aryl methyl sites for hydroxylation is 1. The highest BCUT2D eigenvalue weighted by atomic mass is 16.3. The van der Waals surface area contributed by atoms with E-state index in [0.29, 0.717) is 12.0 Å². The predicted molar refractivity (Wildman–Crippen MR) is 102 cm³/mol. The van der Waals surface area contributed by atoms with Crippen molar-refractivity contribution in [3.63, 3.8) is 0 Å². The Kier molecular flexibility index (Phi) is 6.34. The van der Waals surface area contributed by atoms with Gasteiger partial charge in [-0.05, 0) is 44.0 Å². The van der Waals surface area contributed by atoms with Gasteiger partial charge in [-0.1, -0.05) is 35.9 Å². The third-order valence-electron chi connectivity index (χ3n) is 3.72. The molecule has 5 heteroatoms. The fourth-order valence-corrected chi connectivity index (χ4v) is 2.26. The van der Waals surface area contributed by atoms with E-state index in [1.165, 1.54) is 6.21 Å². The third-order valence-corrected chi connectivity index (χ3v) is 3.72. The van der Waals surface area contributed by atoms with Crippen LogP contribution in [-0.2, 0) is 11.2 Å². The minimum Gasteiger partial charge on any atom is -0.507 e. The monoisotopic (exact) mass is 337 g/mol. The van der Waals surface area contributed by atoms with Gasteiger partial charge in [0.15, 0.2) is 0 Å². The molecule has 5 nitrogen and oxygen atoms in total. The van der Waals surface area contributed by atoms with Crippen LogP contribution in [0.5, 0.6) is 5.75 Å². The number of rotatable bonds is 7. The first-order valence-corrected chi connectivity index (χ1v) is 8.09. The highest BCUT2D eigenvalue weighted by Crippen LogP contribution is 2.21. The zero-order valence-electron chi connectivity index (χ0n) is 14.5. The molecule has 0 saturated carbocycles. The Balaban J connectivity index is 1.94. The normalized spacial score (nSPS) is 11.9. The van der Waals surface area contributed by atoms with E-state index in [1.807, 2.05) is 43.3 Å². The highest BCUT2D eigenvalue weighted by Gasteiger charge is 2.11. The zero-order chi connectivity index (χ0) is 18.2.